The minimum atomic E-state index is -0.173. The molecule has 1 heterocycles. The molecule has 0 radical (unpaired) electrons. The number of pyridine rings is 1. The molecule has 21 heavy (non-hydrogen) atoms. The molecule has 0 bridgehead atoms. The number of nitrogens with two attached hydrogens (primary N) is 1. The molecule has 4 heteroatoms. The van der Waals surface area contributed by atoms with Gasteiger partial charge in [-0.15, -0.1) is 0 Å². The minimum Gasteiger partial charge on any atom is -0.495 e. The van der Waals surface area contributed by atoms with Crippen LogP contribution in [0.1, 0.15) is 32.0 Å². The second kappa shape index (κ2) is 5.74. The van der Waals surface area contributed by atoms with Crippen LogP contribution < -0.4 is 16.0 Å². The van der Waals surface area contributed by atoms with Gasteiger partial charge in [0, 0.05) is 23.2 Å². The van der Waals surface area contributed by atoms with E-state index in [1.54, 1.807) is 11.7 Å². The molecule has 0 spiro atoms. The second-order valence-corrected chi connectivity index (χ2v) is 6.01. The highest BCUT2D eigenvalue weighted by molar-refractivity contribution is 5.49. The first kappa shape index (κ1) is 15.3. The van der Waals surface area contributed by atoms with Crippen LogP contribution in [0.2, 0.25) is 0 Å². The Morgan fingerprint density at radius 1 is 1.14 bits per heavy atom. The van der Waals surface area contributed by atoms with E-state index in [1.165, 1.54) is 0 Å². The topological polar surface area (TPSA) is 57.2 Å². The molecule has 0 aliphatic rings. The van der Waals surface area contributed by atoms with Crippen LogP contribution in [-0.4, -0.2) is 11.7 Å². The molecule has 0 amide bonds. The molecule has 1 aromatic heterocycles. The van der Waals surface area contributed by atoms with Crippen LogP contribution in [0.25, 0.3) is 5.69 Å². The molecule has 1 aromatic carbocycles. The van der Waals surface area contributed by atoms with Gasteiger partial charge in [0.2, 0.25) is 0 Å². The van der Waals surface area contributed by atoms with E-state index in [0.717, 1.165) is 11.4 Å². The van der Waals surface area contributed by atoms with Crippen LogP contribution in [-0.2, 0) is 12.0 Å². The quantitative estimate of drug-likeness (QED) is 0.943. The fraction of sp³-hybridized carbons (Fsp3) is 0.353. The summed E-state index contributed by atoms with van der Waals surface area (Å²) in [5.41, 5.74) is 7.68. The lowest BCUT2D eigenvalue weighted by Crippen LogP contribution is -2.31. The maximum atomic E-state index is 12.8. The summed E-state index contributed by atoms with van der Waals surface area (Å²) in [6.45, 7) is 6.46. The Morgan fingerprint density at radius 3 is 2.38 bits per heavy atom. The number of nitrogens with zero attached hydrogens (tertiary/aromatic N) is 1. The zero-order valence-corrected chi connectivity index (χ0v) is 13.0. The smallest absolute Gasteiger partial charge is 0.259 e. The van der Waals surface area contributed by atoms with Gasteiger partial charge in [-0.2, -0.15) is 0 Å². The molecule has 2 N–H and O–H groups in total. The van der Waals surface area contributed by atoms with Gasteiger partial charge in [-0.05, 0) is 18.2 Å². The average Bonchev–Trinajstić information content (AvgIpc) is 2.46. The fourth-order valence-electron chi connectivity index (χ4n) is 2.37. The first-order chi connectivity index (χ1) is 9.90. The molecule has 0 aliphatic carbocycles. The minimum absolute atomic E-state index is 0.0885. The summed E-state index contributed by atoms with van der Waals surface area (Å²) in [7, 11) is 1.60. The number of methoxy groups -OCH3 is 1. The van der Waals surface area contributed by atoms with Crippen molar-refractivity contribution in [2.24, 2.45) is 5.73 Å². The first-order valence-corrected chi connectivity index (χ1v) is 6.99. The lowest BCUT2D eigenvalue weighted by Gasteiger charge is -2.25. The Bertz CT molecular complexity index is 697. The lowest BCUT2D eigenvalue weighted by molar-refractivity contribution is 0.411. The van der Waals surface area contributed by atoms with Gasteiger partial charge in [-0.3, -0.25) is 9.36 Å². The molecular weight excluding hydrogens is 264 g/mol. The maximum Gasteiger partial charge on any atom is 0.259 e. The fourth-order valence-corrected chi connectivity index (χ4v) is 2.37. The van der Waals surface area contributed by atoms with Crippen molar-refractivity contribution < 1.29 is 4.74 Å². The van der Waals surface area contributed by atoms with E-state index in [9.17, 15) is 4.79 Å². The Kier molecular flexibility index (Phi) is 4.19. The summed E-state index contributed by atoms with van der Waals surface area (Å²) in [5.74, 6) is 0.666. The van der Waals surface area contributed by atoms with E-state index in [1.807, 2.05) is 36.4 Å². The lowest BCUT2D eigenvalue weighted by atomic mass is 9.90. The molecule has 0 fully saturated rings. The van der Waals surface area contributed by atoms with Gasteiger partial charge in [0.1, 0.15) is 5.75 Å². The summed E-state index contributed by atoms with van der Waals surface area (Å²) in [6.07, 6.45) is 0. The zero-order valence-electron chi connectivity index (χ0n) is 13.0. The summed E-state index contributed by atoms with van der Waals surface area (Å²) >= 11 is 0. The van der Waals surface area contributed by atoms with Crippen molar-refractivity contribution in [2.45, 2.75) is 32.7 Å². The zero-order chi connectivity index (χ0) is 15.6. The Labute approximate surface area is 125 Å². The molecule has 112 valence electrons. The van der Waals surface area contributed by atoms with Crippen LogP contribution in [0.15, 0.2) is 41.2 Å². The van der Waals surface area contributed by atoms with Crippen LogP contribution in [0, 0.1) is 0 Å². The van der Waals surface area contributed by atoms with E-state index in [2.05, 4.69) is 20.8 Å². The van der Waals surface area contributed by atoms with Crippen LogP contribution in [0.3, 0.4) is 0 Å². The third-order valence-corrected chi connectivity index (χ3v) is 3.48. The molecule has 0 aliphatic heterocycles. The SMILES string of the molecule is COc1ccccc1-n1c(C(C)(C)C)ccc(CN)c1=O. The third-order valence-electron chi connectivity index (χ3n) is 3.48. The van der Waals surface area contributed by atoms with Gasteiger partial charge >= 0.3 is 0 Å². The Morgan fingerprint density at radius 2 is 1.81 bits per heavy atom. The van der Waals surface area contributed by atoms with Gasteiger partial charge < -0.3 is 10.5 Å². The summed E-state index contributed by atoms with van der Waals surface area (Å²) in [6, 6.07) is 11.3. The standard InChI is InChI=1S/C17H22N2O2/c1-17(2,3)15-10-9-12(11-18)16(20)19(15)13-7-5-6-8-14(13)21-4/h5-10H,11,18H2,1-4H3. The monoisotopic (exact) mass is 286 g/mol. The number of para-hydroxylation sites is 2. The van der Waals surface area contributed by atoms with E-state index in [4.69, 9.17) is 10.5 Å². The molecule has 0 saturated carbocycles. The van der Waals surface area contributed by atoms with Crippen molar-refractivity contribution in [3.05, 3.63) is 58.0 Å². The number of benzene rings is 1. The molecule has 2 rings (SSSR count). The van der Waals surface area contributed by atoms with Gasteiger partial charge in [-0.25, -0.2) is 0 Å². The average molecular weight is 286 g/mol. The number of hydrogen-bond donors (Lipinski definition) is 1. The van der Waals surface area contributed by atoms with Crippen LogP contribution >= 0.6 is 0 Å². The molecular formula is C17H22N2O2. The van der Waals surface area contributed by atoms with Crippen LogP contribution in [0.4, 0.5) is 0 Å². The van der Waals surface area contributed by atoms with Crippen molar-refractivity contribution in [3.8, 4) is 11.4 Å². The molecule has 2 aromatic rings. The molecule has 0 unspecified atom stereocenters. The first-order valence-electron chi connectivity index (χ1n) is 6.99. The Balaban J connectivity index is 2.85. The molecule has 4 nitrogen and oxygen atoms in total. The van der Waals surface area contributed by atoms with E-state index in [0.29, 0.717) is 11.3 Å². The third kappa shape index (κ3) is 2.85. The Hall–Kier alpha value is -2.07. The maximum absolute atomic E-state index is 12.8. The number of rotatable bonds is 3. The predicted molar refractivity (Wildman–Crippen MR) is 85.2 cm³/mol. The van der Waals surface area contributed by atoms with Crippen molar-refractivity contribution in [2.75, 3.05) is 7.11 Å². The van der Waals surface area contributed by atoms with E-state index < -0.39 is 0 Å². The summed E-state index contributed by atoms with van der Waals surface area (Å²) < 4.78 is 7.11. The highest BCUT2D eigenvalue weighted by Crippen LogP contribution is 2.28. The highest BCUT2D eigenvalue weighted by atomic mass is 16.5. The number of hydrogen-bond acceptors (Lipinski definition) is 3. The van der Waals surface area contributed by atoms with E-state index >= 15 is 0 Å². The highest BCUT2D eigenvalue weighted by Gasteiger charge is 2.22. The van der Waals surface area contributed by atoms with E-state index in [-0.39, 0.29) is 17.5 Å². The van der Waals surface area contributed by atoms with Gasteiger partial charge in [0.15, 0.2) is 0 Å². The van der Waals surface area contributed by atoms with Crippen molar-refractivity contribution in [1.82, 2.24) is 4.57 Å². The molecule has 0 atom stereocenters. The summed E-state index contributed by atoms with van der Waals surface area (Å²) in [4.78, 5) is 12.8. The predicted octanol–water partition coefficient (Wildman–Crippen LogP) is 2.60. The number of ether oxygens (including phenoxy) is 1. The van der Waals surface area contributed by atoms with Gasteiger partial charge in [0.25, 0.3) is 5.56 Å². The van der Waals surface area contributed by atoms with Crippen molar-refractivity contribution in [1.29, 1.82) is 0 Å². The number of aromatic nitrogens is 1. The summed E-state index contributed by atoms with van der Waals surface area (Å²) in [5, 5.41) is 0. The van der Waals surface area contributed by atoms with Gasteiger partial charge in [-0.1, -0.05) is 39.0 Å². The van der Waals surface area contributed by atoms with Crippen LogP contribution in [0.5, 0.6) is 5.75 Å². The largest absolute Gasteiger partial charge is 0.495 e. The molecule has 0 saturated heterocycles. The van der Waals surface area contributed by atoms with Crippen molar-refractivity contribution >= 4 is 0 Å². The normalized spacial score (nSPS) is 11.5. The van der Waals surface area contributed by atoms with Gasteiger partial charge in [0.05, 0.1) is 12.8 Å². The van der Waals surface area contributed by atoms with Crippen molar-refractivity contribution in [3.63, 3.8) is 0 Å². The second-order valence-electron chi connectivity index (χ2n) is 6.01.